The Kier molecular flexibility index (Phi) is 5.15. The van der Waals surface area contributed by atoms with Crippen molar-refractivity contribution < 1.29 is 8.83 Å². The van der Waals surface area contributed by atoms with E-state index in [1.54, 1.807) is 6.26 Å². The predicted octanol–water partition coefficient (Wildman–Crippen LogP) is 2.82. The van der Waals surface area contributed by atoms with Crippen LogP contribution in [0, 0.1) is 0 Å². The Morgan fingerprint density at radius 2 is 2.11 bits per heavy atom. The minimum Gasteiger partial charge on any atom is -0.469 e. The molecule has 0 saturated heterocycles. The summed E-state index contributed by atoms with van der Waals surface area (Å²) in [7, 11) is 0. The summed E-state index contributed by atoms with van der Waals surface area (Å²) in [5.74, 6) is 2.14. The molecule has 104 valence electrons. The standard InChI is InChI=1S/C14H21N3O2/c1-3-8-15-9-5-6-13-16-17-14(19-13)11-7-10-18-12(11)4-2/h7,10,15H,3-6,8-9H2,1-2H3. The van der Waals surface area contributed by atoms with Gasteiger partial charge < -0.3 is 14.2 Å². The van der Waals surface area contributed by atoms with Gasteiger partial charge in [0.2, 0.25) is 5.89 Å². The molecule has 0 saturated carbocycles. The maximum absolute atomic E-state index is 5.67. The summed E-state index contributed by atoms with van der Waals surface area (Å²) in [6.07, 6.45) is 5.45. The van der Waals surface area contributed by atoms with Crippen LogP contribution in [-0.4, -0.2) is 23.3 Å². The smallest absolute Gasteiger partial charge is 0.251 e. The molecule has 5 heteroatoms. The lowest BCUT2D eigenvalue weighted by atomic mass is 10.2. The quantitative estimate of drug-likeness (QED) is 0.742. The zero-order chi connectivity index (χ0) is 13.5. The highest BCUT2D eigenvalue weighted by Gasteiger charge is 2.13. The van der Waals surface area contributed by atoms with Gasteiger partial charge in [-0.15, -0.1) is 10.2 Å². The van der Waals surface area contributed by atoms with E-state index in [4.69, 9.17) is 8.83 Å². The van der Waals surface area contributed by atoms with Gasteiger partial charge in [0, 0.05) is 12.8 Å². The first-order valence-corrected chi connectivity index (χ1v) is 6.95. The average molecular weight is 263 g/mol. The minimum atomic E-state index is 0.558. The Balaban J connectivity index is 1.88. The van der Waals surface area contributed by atoms with Crippen molar-refractivity contribution in [3.63, 3.8) is 0 Å². The molecule has 19 heavy (non-hydrogen) atoms. The Morgan fingerprint density at radius 3 is 2.89 bits per heavy atom. The molecule has 0 aliphatic rings. The van der Waals surface area contributed by atoms with E-state index in [2.05, 4.69) is 22.4 Å². The molecule has 0 bridgehead atoms. The fraction of sp³-hybridized carbons (Fsp3) is 0.571. The molecule has 0 unspecified atom stereocenters. The van der Waals surface area contributed by atoms with E-state index in [1.807, 2.05) is 13.0 Å². The molecule has 0 amide bonds. The second kappa shape index (κ2) is 7.09. The first-order valence-electron chi connectivity index (χ1n) is 6.95. The van der Waals surface area contributed by atoms with Crippen LogP contribution < -0.4 is 5.32 Å². The summed E-state index contributed by atoms with van der Waals surface area (Å²) >= 11 is 0. The normalized spacial score (nSPS) is 11.1. The highest BCUT2D eigenvalue weighted by molar-refractivity contribution is 5.54. The molecule has 2 aromatic rings. The van der Waals surface area contributed by atoms with Crippen LogP contribution in [0.4, 0.5) is 0 Å². The Labute approximate surface area is 113 Å². The first kappa shape index (κ1) is 13.8. The molecular formula is C14H21N3O2. The van der Waals surface area contributed by atoms with E-state index in [9.17, 15) is 0 Å². The molecule has 1 N–H and O–H groups in total. The van der Waals surface area contributed by atoms with Crippen LogP contribution in [0.3, 0.4) is 0 Å². The van der Waals surface area contributed by atoms with Gasteiger partial charge in [-0.3, -0.25) is 0 Å². The van der Waals surface area contributed by atoms with Crippen molar-refractivity contribution >= 4 is 0 Å². The van der Waals surface area contributed by atoms with Crippen LogP contribution >= 0.6 is 0 Å². The minimum absolute atomic E-state index is 0.558. The number of rotatable bonds is 8. The number of furan rings is 1. The third-order valence-electron chi connectivity index (χ3n) is 2.93. The van der Waals surface area contributed by atoms with Gasteiger partial charge in [-0.1, -0.05) is 13.8 Å². The lowest BCUT2D eigenvalue weighted by molar-refractivity contribution is 0.485. The van der Waals surface area contributed by atoms with E-state index in [1.165, 1.54) is 0 Å². The molecule has 0 atom stereocenters. The fourth-order valence-electron chi connectivity index (χ4n) is 1.93. The van der Waals surface area contributed by atoms with Crippen LogP contribution in [0.15, 0.2) is 21.2 Å². The third-order valence-corrected chi connectivity index (χ3v) is 2.93. The molecule has 0 aromatic carbocycles. The molecule has 0 aliphatic heterocycles. The molecule has 2 heterocycles. The van der Waals surface area contributed by atoms with Gasteiger partial charge in [-0.05, 0) is 32.0 Å². The Bertz CT molecular complexity index is 490. The van der Waals surface area contributed by atoms with Crippen LogP contribution in [0.25, 0.3) is 11.5 Å². The summed E-state index contributed by atoms with van der Waals surface area (Å²) in [6, 6.07) is 1.87. The molecule has 0 radical (unpaired) electrons. The lowest BCUT2D eigenvalue weighted by Crippen LogP contribution is -2.16. The van der Waals surface area contributed by atoms with Crippen LogP contribution in [0.1, 0.15) is 38.3 Å². The van der Waals surface area contributed by atoms with Crippen molar-refractivity contribution in [3.05, 3.63) is 24.0 Å². The molecule has 0 aliphatic carbocycles. The van der Waals surface area contributed by atoms with Crippen molar-refractivity contribution in [2.45, 2.75) is 39.5 Å². The van der Waals surface area contributed by atoms with E-state index in [0.717, 1.165) is 50.1 Å². The van der Waals surface area contributed by atoms with Crippen molar-refractivity contribution in [1.82, 2.24) is 15.5 Å². The number of hydrogen-bond acceptors (Lipinski definition) is 5. The van der Waals surface area contributed by atoms with Gasteiger partial charge in [-0.2, -0.15) is 0 Å². The van der Waals surface area contributed by atoms with Gasteiger partial charge in [0.15, 0.2) is 0 Å². The third kappa shape index (κ3) is 3.67. The molecule has 0 fully saturated rings. The monoisotopic (exact) mass is 263 g/mol. The maximum atomic E-state index is 5.67. The van der Waals surface area contributed by atoms with Gasteiger partial charge >= 0.3 is 0 Å². The molecule has 2 aromatic heterocycles. The van der Waals surface area contributed by atoms with Gasteiger partial charge in [0.05, 0.1) is 11.8 Å². The average Bonchev–Trinajstić information content (AvgIpc) is 3.06. The number of hydrogen-bond donors (Lipinski definition) is 1. The fourth-order valence-corrected chi connectivity index (χ4v) is 1.93. The highest BCUT2D eigenvalue weighted by Crippen LogP contribution is 2.24. The largest absolute Gasteiger partial charge is 0.469 e. The number of aromatic nitrogens is 2. The molecule has 0 spiro atoms. The SMILES string of the molecule is CCCNCCCc1nnc(-c2ccoc2CC)o1. The van der Waals surface area contributed by atoms with Crippen molar-refractivity contribution in [2.24, 2.45) is 0 Å². The summed E-state index contributed by atoms with van der Waals surface area (Å²) < 4.78 is 11.0. The summed E-state index contributed by atoms with van der Waals surface area (Å²) in [4.78, 5) is 0. The van der Waals surface area contributed by atoms with Gasteiger partial charge in [0.25, 0.3) is 5.89 Å². The highest BCUT2D eigenvalue weighted by atomic mass is 16.4. The Morgan fingerprint density at radius 1 is 1.21 bits per heavy atom. The molecule has 5 nitrogen and oxygen atoms in total. The van der Waals surface area contributed by atoms with Gasteiger partial charge in [-0.25, -0.2) is 0 Å². The number of aryl methyl sites for hydroxylation is 2. The molecule has 2 rings (SSSR count). The van der Waals surface area contributed by atoms with E-state index >= 15 is 0 Å². The summed E-state index contributed by atoms with van der Waals surface area (Å²) in [6.45, 7) is 6.24. The van der Waals surface area contributed by atoms with Gasteiger partial charge in [0.1, 0.15) is 5.76 Å². The number of nitrogens with zero attached hydrogens (tertiary/aromatic N) is 2. The topological polar surface area (TPSA) is 64.1 Å². The van der Waals surface area contributed by atoms with Crippen LogP contribution in [-0.2, 0) is 12.8 Å². The first-order chi connectivity index (χ1) is 9.35. The maximum Gasteiger partial charge on any atom is 0.251 e. The number of nitrogens with one attached hydrogen (secondary N) is 1. The van der Waals surface area contributed by atoms with Crippen LogP contribution in [0.2, 0.25) is 0 Å². The zero-order valence-corrected chi connectivity index (χ0v) is 11.6. The lowest BCUT2D eigenvalue weighted by Gasteiger charge is -1.99. The molecular weight excluding hydrogens is 242 g/mol. The van der Waals surface area contributed by atoms with Crippen molar-refractivity contribution in [1.29, 1.82) is 0 Å². The van der Waals surface area contributed by atoms with E-state index in [-0.39, 0.29) is 0 Å². The Hall–Kier alpha value is -1.62. The van der Waals surface area contributed by atoms with Crippen molar-refractivity contribution in [3.8, 4) is 11.5 Å². The summed E-state index contributed by atoms with van der Waals surface area (Å²) in [5.41, 5.74) is 0.908. The second-order valence-corrected chi connectivity index (χ2v) is 4.47. The van der Waals surface area contributed by atoms with E-state index < -0.39 is 0 Å². The van der Waals surface area contributed by atoms with E-state index in [0.29, 0.717) is 11.8 Å². The van der Waals surface area contributed by atoms with Crippen molar-refractivity contribution in [2.75, 3.05) is 13.1 Å². The van der Waals surface area contributed by atoms with Crippen LogP contribution in [0.5, 0.6) is 0 Å². The predicted molar refractivity (Wildman–Crippen MR) is 72.9 cm³/mol. The second-order valence-electron chi connectivity index (χ2n) is 4.47. The summed E-state index contributed by atoms with van der Waals surface area (Å²) in [5, 5.41) is 11.5. The zero-order valence-electron chi connectivity index (χ0n) is 11.6.